The molecule has 3 N–H and O–H groups in total. The number of ether oxygens (including phenoxy) is 2. The van der Waals surface area contributed by atoms with Gasteiger partial charge in [-0.25, -0.2) is 0 Å². The first-order chi connectivity index (χ1) is 8.01. The normalized spacial score (nSPS) is 12.0. The molecular weight excluding hydrogens is 246 g/mol. The Bertz CT molecular complexity index is 422. The minimum absolute atomic E-state index is 0.141. The molecule has 0 aliphatic carbocycles. The Kier molecular flexibility index (Phi) is 4.60. The van der Waals surface area contributed by atoms with Crippen molar-refractivity contribution in [3.05, 3.63) is 22.7 Å². The molecule has 1 atom stereocenters. The van der Waals surface area contributed by atoms with E-state index in [0.717, 1.165) is 0 Å². The zero-order valence-corrected chi connectivity index (χ0v) is 10.3. The zero-order chi connectivity index (χ0) is 13.0. The molecule has 1 rings (SSSR count). The van der Waals surface area contributed by atoms with Crippen LogP contribution in [0, 0.1) is 0 Å². The van der Waals surface area contributed by atoms with Gasteiger partial charge in [0.1, 0.15) is 22.6 Å². The van der Waals surface area contributed by atoms with Gasteiger partial charge in [-0.1, -0.05) is 17.7 Å². The molecule has 0 heterocycles. The molecule has 0 saturated carbocycles. The van der Waals surface area contributed by atoms with Crippen LogP contribution < -0.4 is 15.2 Å². The van der Waals surface area contributed by atoms with Gasteiger partial charge in [0.2, 0.25) is 0 Å². The first-order valence-electron chi connectivity index (χ1n) is 4.89. The highest BCUT2D eigenvalue weighted by atomic mass is 35.5. The van der Waals surface area contributed by atoms with Gasteiger partial charge in [-0.2, -0.15) is 0 Å². The molecule has 0 bridgehead atoms. The van der Waals surface area contributed by atoms with E-state index in [9.17, 15) is 4.79 Å². The van der Waals surface area contributed by atoms with E-state index in [1.165, 1.54) is 14.2 Å². The standard InChI is InChI=1S/C11H14ClNO4/c1-16-8-4-3-6(5-7(13)11(14)15)10(17-2)9(8)12/h3-4,7H,5,13H2,1-2H3,(H,14,15). The molecule has 0 aliphatic heterocycles. The van der Waals surface area contributed by atoms with Crippen molar-refractivity contribution >= 4 is 17.6 Å². The number of methoxy groups -OCH3 is 2. The summed E-state index contributed by atoms with van der Waals surface area (Å²) in [6.45, 7) is 0. The molecule has 5 nitrogen and oxygen atoms in total. The summed E-state index contributed by atoms with van der Waals surface area (Å²) in [7, 11) is 2.94. The number of carboxylic acids is 1. The molecular formula is C11H14ClNO4. The van der Waals surface area contributed by atoms with Crippen LogP contribution in [0.15, 0.2) is 12.1 Å². The SMILES string of the molecule is COc1ccc(CC(N)C(=O)O)c(OC)c1Cl. The summed E-state index contributed by atoms with van der Waals surface area (Å²) in [4.78, 5) is 10.7. The van der Waals surface area contributed by atoms with Crippen molar-refractivity contribution < 1.29 is 19.4 Å². The summed E-state index contributed by atoms with van der Waals surface area (Å²) in [6, 6.07) is 2.34. The highest BCUT2D eigenvalue weighted by Crippen LogP contribution is 2.37. The molecule has 1 aromatic rings. The Morgan fingerprint density at radius 3 is 2.59 bits per heavy atom. The lowest BCUT2D eigenvalue weighted by Crippen LogP contribution is -2.32. The van der Waals surface area contributed by atoms with Gasteiger partial charge >= 0.3 is 5.97 Å². The van der Waals surface area contributed by atoms with Crippen molar-refractivity contribution in [2.45, 2.75) is 12.5 Å². The summed E-state index contributed by atoms with van der Waals surface area (Å²) in [5, 5.41) is 9.06. The average molecular weight is 260 g/mol. The van der Waals surface area contributed by atoms with Gasteiger partial charge in [0.05, 0.1) is 14.2 Å². The lowest BCUT2D eigenvalue weighted by molar-refractivity contribution is -0.138. The highest BCUT2D eigenvalue weighted by molar-refractivity contribution is 6.33. The van der Waals surface area contributed by atoms with E-state index in [4.69, 9.17) is 31.9 Å². The molecule has 0 saturated heterocycles. The van der Waals surface area contributed by atoms with Gasteiger partial charge in [0, 0.05) is 6.42 Å². The van der Waals surface area contributed by atoms with E-state index in [-0.39, 0.29) is 6.42 Å². The van der Waals surface area contributed by atoms with Crippen LogP contribution in [-0.4, -0.2) is 31.3 Å². The monoisotopic (exact) mass is 259 g/mol. The Hall–Kier alpha value is -1.46. The van der Waals surface area contributed by atoms with E-state index >= 15 is 0 Å². The van der Waals surface area contributed by atoms with Crippen LogP contribution in [0.3, 0.4) is 0 Å². The third-order valence-electron chi connectivity index (χ3n) is 2.32. The maximum Gasteiger partial charge on any atom is 0.320 e. The highest BCUT2D eigenvalue weighted by Gasteiger charge is 2.18. The molecule has 1 unspecified atom stereocenters. The first kappa shape index (κ1) is 13.6. The summed E-state index contributed by atoms with van der Waals surface area (Å²) >= 11 is 6.04. The number of rotatable bonds is 5. The fraction of sp³-hybridized carbons (Fsp3) is 0.364. The molecule has 94 valence electrons. The molecule has 0 fully saturated rings. The van der Waals surface area contributed by atoms with Gasteiger partial charge < -0.3 is 20.3 Å². The van der Waals surface area contributed by atoms with Crippen LogP contribution in [0.25, 0.3) is 0 Å². The number of carboxylic acid groups (broad SMARTS) is 1. The maximum absolute atomic E-state index is 10.7. The largest absolute Gasteiger partial charge is 0.495 e. The minimum Gasteiger partial charge on any atom is -0.495 e. The predicted molar refractivity (Wildman–Crippen MR) is 63.9 cm³/mol. The number of aliphatic carboxylic acids is 1. The van der Waals surface area contributed by atoms with Crippen molar-refractivity contribution in [1.82, 2.24) is 0 Å². The third-order valence-corrected chi connectivity index (χ3v) is 2.68. The molecule has 17 heavy (non-hydrogen) atoms. The minimum atomic E-state index is -1.07. The van der Waals surface area contributed by atoms with Crippen molar-refractivity contribution in [1.29, 1.82) is 0 Å². The fourth-order valence-corrected chi connectivity index (χ4v) is 1.78. The Morgan fingerprint density at radius 1 is 1.47 bits per heavy atom. The average Bonchev–Trinajstić information content (AvgIpc) is 2.29. The van der Waals surface area contributed by atoms with Crippen molar-refractivity contribution in [3.8, 4) is 11.5 Å². The lowest BCUT2D eigenvalue weighted by Gasteiger charge is -2.14. The third kappa shape index (κ3) is 3.01. The van der Waals surface area contributed by atoms with Crippen LogP contribution in [0.4, 0.5) is 0 Å². The van der Waals surface area contributed by atoms with E-state index in [1.54, 1.807) is 12.1 Å². The van der Waals surface area contributed by atoms with Crippen LogP contribution in [0.1, 0.15) is 5.56 Å². The maximum atomic E-state index is 10.7. The first-order valence-corrected chi connectivity index (χ1v) is 5.26. The molecule has 0 aliphatic rings. The van der Waals surface area contributed by atoms with Gasteiger partial charge in [-0.15, -0.1) is 0 Å². The number of nitrogens with two attached hydrogens (primary N) is 1. The van der Waals surface area contributed by atoms with Crippen molar-refractivity contribution in [2.75, 3.05) is 14.2 Å². The Balaban J connectivity index is 3.08. The molecule has 1 aromatic carbocycles. The van der Waals surface area contributed by atoms with Crippen molar-refractivity contribution in [2.24, 2.45) is 5.73 Å². The topological polar surface area (TPSA) is 81.8 Å². The smallest absolute Gasteiger partial charge is 0.320 e. The van der Waals surface area contributed by atoms with E-state index < -0.39 is 12.0 Å². The summed E-state index contributed by atoms with van der Waals surface area (Å²) in [6.07, 6.45) is 0.141. The van der Waals surface area contributed by atoms with E-state index in [0.29, 0.717) is 22.1 Å². The number of hydrogen-bond acceptors (Lipinski definition) is 4. The molecule has 0 aromatic heterocycles. The molecule has 0 radical (unpaired) electrons. The summed E-state index contributed by atoms with van der Waals surface area (Å²) < 4.78 is 10.2. The van der Waals surface area contributed by atoms with Gasteiger partial charge in [0.15, 0.2) is 0 Å². The van der Waals surface area contributed by atoms with Gasteiger partial charge in [-0.05, 0) is 11.6 Å². The number of hydrogen-bond donors (Lipinski definition) is 2. The molecule has 6 heteroatoms. The molecule has 0 amide bonds. The lowest BCUT2D eigenvalue weighted by atomic mass is 10.1. The van der Waals surface area contributed by atoms with Crippen LogP contribution >= 0.6 is 11.6 Å². The van der Waals surface area contributed by atoms with Crippen LogP contribution in [0.5, 0.6) is 11.5 Å². The Morgan fingerprint density at radius 2 is 2.12 bits per heavy atom. The van der Waals surface area contributed by atoms with Crippen LogP contribution in [-0.2, 0) is 11.2 Å². The van der Waals surface area contributed by atoms with E-state index in [2.05, 4.69) is 0 Å². The molecule has 0 spiro atoms. The zero-order valence-electron chi connectivity index (χ0n) is 9.57. The van der Waals surface area contributed by atoms with Crippen LogP contribution in [0.2, 0.25) is 5.02 Å². The quantitative estimate of drug-likeness (QED) is 0.833. The second-order valence-electron chi connectivity index (χ2n) is 3.42. The second kappa shape index (κ2) is 5.75. The summed E-state index contributed by atoms with van der Waals surface area (Å²) in [5.41, 5.74) is 6.10. The Labute approximate surface area is 104 Å². The van der Waals surface area contributed by atoms with Crippen molar-refractivity contribution in [3.63, 3.8) is 0 Å². The second-order valence-corrected chi connectivity index (χ2v) is 3.80. The van der Waals surface area contributed by atoms with E-state index in [1.807, 2.05) is 0 Å². The van der Waals surface area contributed by atoms with Gasteiger partial charge in [0.25, 0.3) is 0 Å². The number of benzene rings is 1. The predicted octanol–water partition coefficient (Wildman–Crippen LogP) is 1.31. The number of carbonyl (C=O) groups is 1. The fourth-order valence-electron chi connectivity index (χ4n) is 1.44. The van der Waals surface area contributed by atoms with Gasteiger partial charge in [-0.3, -0.25) is 4.79 Å². The summed E-state index contributed by atoms with van der Waals surface area (Å²) in [5.74, 6) is -0.210. The number of halogens is 1.